The van der Waals surface area contributed by atoms with Crippen LogP contribution in [0.3, 0.4) is 0 Å². The third kappa shape index (κ3) is 2.62. The van der Waals surface area contributed by atoms with E-state index in [9.17, 15) is 8.42 Å². The highest BCUT2D eigenvalue weighted by Crippen LogP contribution is 2.35. The lowest BCUT2D eigenvalue weighted by atomic mass is 10.0. The molecular formula is C14H21NO3S. The van der Waals surface area contributed by atoms with Gasteiger partial charge in [-0.25, -0.2) is 8.42 Å². The first-order valence-electron chi connectivity index (χ1n) is 6.66. The molecule has 0 amide bonds. The Hall–Kier alpha value is -1.07. The Morgan fingerprint density at radius 3 is 2.68 bits per heavy atom. The molecule has 0 fully saturated rings. The third-order valence-electron chi connectivity index (χ3n) is 3.53. The van der Waals surface area contributed by atoms with Crippen molar-refractivity contribution in [3.05, 3.63) is 29.8 Å². The summed E-state index contributed by atoms with van der Waals surface area (Å²) in [6.45, 7) is 6.37. The lowest BCUT2D eigenvalue weighted by Crippen LogP contribution is -2.46. The van der Waals surface area contributed by atoms with Crippen LogP contribution in [0, 0.1) is 0 Å². The molecule has 0 aliphatic carbocycles. The molecule has 0 saturated carbocycles. The van der Waals surface area contributed by atoms with E-state index in [-0.39, 0.29) is 12.6 Å². The molecule has 19 heavy (non-hydrogen) atoms. The second-order valence-corrected chi connectivity index (χ2v) is 7.79. The van der Waals surface area contributed by atoms with Gasteiger partial charge >= 0.3 is 0 Å². The molecule has 2 unspecified atom stereocenters. The van der Waals surface area contributed by atoms with Crippen LogP contribution in [0.4, 0.5) is 0 Å². The number of ether oxygens (including phenoxy) is 1. The molecule has 1 aromatic rings. The topological polar surface area (TPSA) is 55.4 Å². The first-order chi connectivity index (χ1) is 8.98. The van der Waals surface area contributed by atoms with Gasteiger partial charge in [-0.05, 0) is 26.5 Å². The van der Waals surface area contributed by atoms with E-state index in [4.69, 9.17) is 4.74 Å². The predicted molar refractivity (Wildman–Crippen MR) is 76.2 cm³/mol. The first-order valence-corrected chi connectivity index (χ1v) is 8.27. The molecule has 0 bridgehead atoms. The van der Waals surface area contributed by atoms with Gasteiger partial charge in [0.25, 0.3) is 0 Å². The number of nitrogens with one attached hydrogen (secondary N) is 1. The van der Waals surface area contributed by atoms with Crippen LogP contribution in [0.15, 0.2) is 24.3 Å². The second-order valence-electron chi connectivity index (χ2n) is 5.06. The fourth-order valence-corrected chi connectivity index (χ4v) is 4.01. The van der Waals surface area contributed by atoms with E-state index in [0.29, 0.717) is 0 Å². The average Bonchev–Trinajstić information content (AvgIpc) is 2.39. The minimum Gasteiger partial charge on any atom is -0.492 e. The van der Waals surface area contributed by atoms with Gasteiger partial charge in [0.2, 0.25) is 0 Å². The van der Waals surface area contributed by atoms with Crippen molar-refractivity contribution in [3.8, 4) is 5.75 Å². The Balaban J connectivity index is 2.43. The molecule has 0 spiro atoms. The van der Waals surface area contributed by atoms with Crippen molar-refractivity contribution in [2.24, 2.45) is 0 Å². The highest BCUT2D eigenvalue weighted by atomic mass is 32.2. The normalized spacial score (nSPS) is 22.9. The summed E-state index contributed by atoms with van der Waals surface area (Å²) in [4.78, 5) is 0. The van der Waals surface area contributed by atoms with Crippen LogP contribution < -0.4 is 10.1 Å². The maximum absolute atomic E-state index is 12.5. The van der Waals surface area contributed by atoms with E-state index in [1.54, 1.807) is 13.8 Å². The van der Waals surface area contributed by atoms with Crippen molar-refractivity contribution in [1.82, 2.24) is 5.32 Å². The average molecular weight is 283 g/mol. The lowest BCUT2D eigenvalue weighted by Gasteiger charge is -2.34. The molecule has 0 radical (unpaired) electrons. The van der Waals surface area contributed by atoms with Crippen LogP contribution in [0.2, 0.25) is 0 Å². The maximum Gasteiger partial charge on any atom is 0.160 e. The number of rotatable bonds is 4. The zero-order valence-corrected chi connectivity index (χ0v) is 12.4. The van der Waals surface area contributed by atoms with E-state index < -0.39 is 20.3 Å². The predicted octanol–water partition coefficient (Wildman–Crippen LogP) is 1.92. The monoisotopic (exact) mass is 283 g/mol. The quantitative estimate of drug-likeness (QED) is 0.917. The largest absolute Gasteiger partial charge is 0.492 e. The minimum atomic E-state index is -3.20. The van der Waals surface area contributed by atoms with Gasteiger partial charge in [0, 0.05) is 5.56 Å². The summed E-state index contributed by atoms with van der Waals surface area (Å²) in [7, 11) is -3.20. The van der Waals surface area contributed by atoms with Gasteiger partial charge in [-0.2, -0.15) is 0 Å². The molecule has 1 heterocycles. The standard InChI is InChI=1S/C14H21NO3S/c1-4-15-14-11-7-5-6-8-12(11)18-9-13(14)19(16,17)10(2)3/h5-8,10,13-15H,4,9H2,1-3H3. The number of benzene rings is 1. The molecule has 1 aliphatic heterocycles. The molecule has 0 saturated heterocycles. The van der Waals surface area contributed by atoms with Crippen LogP contribution in [-0.4, -0.2) is 32.1 Å². The van der Waals surface area contributed by atoms with E-state index in [0.717, 1.165) is 17.9 Å². The van der Waals surface area contributed by atoms with Gasteiger partial charge in [0.05, 0.1) is 11.3 Å². The summed E-state index contributed by atoms with van der Waals surface area (Å²) >= 11 is 0. The van der Waals surface area contributed by atoms with Gasteiger partial charge in [-0.15, -0.1) is 0 Å². The van der Waals surface area contributed by atoms with Crippen LogP contribution >= 0.6 is 0 Å². The highest BCUT2D eigenvalue weighted by Gasteiger charge is 2.40. The van der Waals surface area contributed by atoms with Crippen molar-refractivity contribution in [2.75, 3.05) is 13.2 Å². The molecule has 2 rings (SSSR count). The van der Waals surface area contributed by atoms with Crippen LogP contribution in [0.5, 0.6) is 5.75 Å². The van der Waals surface area contributed by atoms with Crippen molar-refractivity contribution in [2.45, 2.75) is 37.3 Å². The molecule has 1 aliphatic rings. The number of hydrogen-bond donors (Lipinski definition) is 1. The fraction of sp³-hybridized carbons (Fsp3) is 0.571. The summed E-state index contributed by atoms with van der Waals surface area (Å²) in [5.41, 5.74) is 0.935. The Morgan fingerprint density at radius 2 is 2.05 bits per heavy atom. The molecule has 5 heteroatoms. The maximum atomic E-state index is 12.5. The van der Waals surface area contributed by atoms with Gasteiger partial charge in [0.1, 0.15) is 17.6 Å². The fourth-order valence-electron chi connectivity index (χ4n) is 2.43. The van der Waals surface area contributed by atoms with E-state index in [1.165, 1.54) is 0 Å². The van der Waals surface area contributed by atoms with E-state index in [2.05, 4.69) is 5.32 Å². The summed E-state index contributed by atoms with van der Waals surface area (Å²) in [5.74, 6) is 0.781. The number of sulfone groups is 1. The summed E-state index contributed by atoms with van der Waals surface area (Å²) in [6, 6.07) is 7.45. The third-order valence-corrected chi connectivity index (χ3v) is 6.10. The molecule has 1 aromatic carbocycles. The van der Waals surface area contributed by atoms with Gasteiger partial charge in [-0.1, -0.05) is 25.1 Å². The van der Waals surface area contributed by atoms with Gasteiger partial charge in [0.15, 0.2) is 9.84 Å². The van der Waals surface area contributed by atoms with E-state index in [1.807, 2.05) is 31.2 Å². The molecule has 2 atom stereocenters. The smallest absolute Gasteiger partial charge is 0.160 e. The Bertz CT molecular complexity index is 539. The zero-order valence-electron chi connectivity index (χ0n) is 11.6. The van der Waals surface area contributed by atoms with Crippen molar-refractivity contribution < 1.29 is 13.2 Å². The summed E-state index contributed by atoms with van der Waals surface area (Å²) < 4.78 is 30.6. The molecule has 0 aromatic heterocycles. The van der Waals surface area contributed by atoms with Crippen LogP contribution in [-0.2, 0) is 9.84 Å². The SMILES string of the molecule is CCNC1c2ccccc2OCC1S(=O)(=O)C(C)C. The molecule has 106 valence electrons. The summed E-state index contributed by atoms with van der Waals surface area (Å²) in [5, 5.41) is 2.37. The van der Waals surface area contributed by atoms with Crippen molar-refractivity contribution >= 4 is 9.84 Å². The van der Waals surface area contributed by atoms with E-state index >= 15 is 0 Å². The lowest BCUT2D eigenvalue weighted by molar-refractivity contribution is 0.255. The Labute approximate surface area is 115 Å². The molecule has 4 nitrogen and oxygen atoms in total. The summed E-state index contributed by atoms with van der Waals surface area (Å²) in [6.07, 6.45) is 0. The Morgan fingerprint density at radius 1 is 1.37 bits per heavy atom. The highest BCUT2D eigenvalue weighted by molar-refractivity contribution is 7.92. The van der Waals surface area contributed by atoms with Crippen LogP contribution in [0.1, 0.15) is 32.4 Å². The zero-order chi connectivity index (χ0) is 14.0. The van der Waals surface area contributed by atoms with Crippen molar-refractivity contribution in [1.29, 1.82) is 0 Å². The first kappa shape index (κ1) is 14.3. The number of para-hydroxylation sites is 1. The molecular weight excluding hydrogens is 262 g/mol. The van der Waals surface area contributed by atoms with Gasteiger partial charge < -0.3 is 10.1 Å². The molecule has 1 N–H and O–H groups in total. The number of fused-ring (bicyclic) bond motifs is 1. The van der Waals surface area contributed by atoms with Crippen molar-refractivity contribution in [3.63, 3.8) is 0 Å². The van der Waals surface area contributed by atoms with Crippen LogP contribution in [0.25, 0.3) is 0 Å². The van der Waals surface area contributed by atoms with Gasteiger partial charge in [-0.3, -0.25) is 0 Å². The second kappa shape index (κ2) is 5.51. The Kier molecular flexibility index (Phi) is 4.16. The minimum absolute atomic E-state index is 0.192. The number of hydrogen-bond acceptors (Lipinski definition) is 4.